The Kier molecular flexibility index (Phi) is 8.67. The van der Waals surface area contributed by atoms with E-state index in [9.17, 15) is 0 Å². The van der Waals surface area contributed by atoms with E-state index in [0.29, 0.717) is 0 Å². The molecule has 1 rings (SSSR count). The first-order valence-corrected chi connectivity index (χ1v) is 7.20. The highest BCUT2D eigenvalue weighted by Crippen LogP contribution is 2.15. The molecule has 0 amide bonds. The van der Waals surface area contributed by atoms with Crippen molar-refractivity contribution < 1.29 is 9.47 Å². The standard InChI is InChI=1S/C14H29NO2/c1-3-16-11-4-5-12-17-13-10-15-8-6-14(2)7-9-15/h14H,3-13H2,1-2H3. The maximum Gasteiger partial charge on any atom is 0.0593 e. The summed E-state index contributed by atoms with van der Waals surface area (Å²) < 4.78 is 10.9. The van der Waals surface area contributed by atoms with Crippen molar-refractivity contribution in [2.75, 3.05) is 46.1 Å². The van der Waals surface area contributed by atoms with Crippen molar-refractivity contribution in [1.82, 2.24) is 4.90 Å². The van der Waals surface area contributed by atoms with Crippen molar-refractivity contribution in [3.8, 4) is 0 Å². The van der Waals surface area contributed by atoms with Gasteiger partial charge >= 0.3 is 0 Å². The Labute approximate surface area is 106 Å². The van der Waals surface area contributed by atoms with Crippen LogP contribution >= 0.6 is 0 Å². The first-order chi connectivity index (χ1) is 8.33. The molecule has 1 saturated heterocycles. The van der Waals surface area contributed by atoms with E-state index in [0.717, 1.165) is 51.7 Å². The molecule has 0 radical (unpaired) electrons. The Morgan fingerprint density at radius 3 is 2.29 bits per heavy atom. The van der Waals surface area contributed by atoms with Gasteiger partial charge in [0.25, 0.3) is 0 Å². The number of nitrogens with zero attached hydrogens (tertiary/aromatic N) is 1. The van der Waals surface area contributed by atoms with Crippen LogP contribution in [-0.2, 0) is 9.47 Å². The summed E-state index contributed by atoms with van der Waals surface area (Å²) in [5, 5.41) is 0. The lowest BCUT2D eigenvalue weighted by Crippen LogP contribution is -2.35. The average molecular weight is 243 g/mol. The van der Waals surface area contributed by atoms with Crippen molar-refractivity contribution in [2.45, 2.75) is 39.5 Å². The summed E-state index contributed by atoms with van der Waals surface area (Å²) in [6.45, 7) is 11.5. The van der Waals surface area contributed by atoms with E-state index in [1.165, 1.54) is 25.9 Å². The quantitative estimate of drug-likeness (QED) is 0.581. The molecular weight excluding hydrogens is 214 g/mol. The maximum absolute atomic E-state index is 5.65. The van der Waals surface area contributed by atoms with Gasteiger partial charge in [-0.05, 0) is 51.6 Å². The molecule has 0 unspecified atom stereocenters. The highest BCUT2D eigenvalue weighted by atomic mass is 16.5. The number of piperidine rings is 1. The molecule has 0 aliphatic carbocycles. The lowest BCUT2D eigenvalue weighted by molar-refractivity contribution is 0.0804. The van der Waals surface area contributed by atoms with Gasteiger partial charge < -0.3 is 14.4 Å². The summed E-state index contributed by atoms with van der Waals surface area (Å²) in [5.74, 6) is 0.922. The van der Waals surface area contributed by atoms with Gasteiger partial charge in [-0.3, -0.25) is 0 Å². The Morgan fingerprint density at radius 1 is 1.00 bits per heavy atom. The predicted molar refractivity (Wildman–Crippen MR) is 71.4 cm³/mol. The summed E-state index contributed by atoms with van der Waals surface area (Å²) in [7, 11) is 0. The zero-order valence-electron chi connectivity index (χ0n) is 11.6. The topological polar surface area (TPSA) is 21.7 Å². The predicted octanol–water partition coefficient (Wildman–Crippen LogP) is 2.55. The lowest BCUT2D eigenvalue weighted by Gasteiger charge is -2.29. The monoisotopic (exact) mass is 243 g/mol. The van der Waals surface area contributed by atoms with Crippen LogP contribution in [0.25, 0.3) is 0 Å². The van der Waals surface area contributed by atoms with Gasteiger partial charge in [-0.2, -0.15) is 0 Å². The molecule has 0 aromatic heterocycles. The highest BCUT2D eigenvalue weighted by Gasteiger charge is 2.14. The lowest BCUT2D eigenvalue weighted by atomic mass is 9.99. The molecule has 1 fully saturated rings. The maximum atomic E-state index is 5.65. The zero-order valence-corrected chi connectivity index (χ0v) is 11.6. The van der Waals surface area contributed by atoms with Crippen LogP contribution in [0.5, 0.6) is 0 Å². The van der Waals surface area contributed by atoms with E-state index in [4.69, 9.17) is 9.47 Å². The summed E-state index contributed by atoms with van der Waals surface area (Å²) in [6.07, 6.45) is 4.95. The van der Waals surface area contributed by atoms with E-state index in [-0.39, 0.29) is 0 Å². The van der Waals surface area contributed by atoms with E-state index >= 15 is 0 Å². The van der Waals surface area contributed by atoms with E-state index in [2.05, 4.69) is 11.8 Å². The minimum Gasteiger partial charge on any atom is -0.382 e. The van der Waals surface area contributed by atoms with E-state index in [1.807, 2.05) is 6.92 Å². The Bertz CT molecular complexity index is 168. The molecular formula is C14H29NO2. The SMILES string of the molecule is CCOCCCCOCCN1CCC(C)CC1. The minimum absolute atomic E-state index is 0.828. The molecule has 0 aromatic carbocycles. The summed E-state index contributed by atoms with van der Waals surface area (Å²) in [4.78, 5) is 2.53. The first kappa shape index (κ1) is 14.9. The molecule has 3 heteroatoms. The third kappa shape index (κ3) is 7.74. The summed E-state index contributed by atoms with van der Waals surface area (Å²) >= 11 is 0. The van der Waals surface area contributed by atoms with Gasteiger partial charge in [0.1, 0.15) is 0 Å². The van der Waals surface area contributed by atoms with Gasteiger partial charge in [-0.1, -0.05) is 6.92 Å². The number of unbranched alkanes of at least 4 members (excludes halogenated alkanes) is 1. The van der Waals surface area contributed by atoms with Gasteiger partial charge in [0.15, 0.2) is 0 Å². The van der Waals surface area contributed by atoms with E-state index in [1.54, 1.807) is 0 Å². The third-order valence-corrected chi connectivity index (χ3v) is 3.46. The van der Waals surface area contributed by atoms with Crippen LogP contribution in [0.1, 0.15) is 39.5 Å². The molecule has 1 aliphatic rings. The molecule has 0 aromatic rings. The van der Waals surface area contributed by atoms with Crippen molar-refractivity contribution in [1.29, 1.82) is 0 Å². The van der Waals surface area contributed by atoms with Crippen molar-refractivity contribution in [2.24, 2.45) is 5.92 Å². The number of ether oxygens (including phenoxy) is 2. The van der Waals surface area contributed by atoms with Crippen LogP contribution in [-0.4, -0.2) is 51.0 Å². The molecule has 1 aliphatic heterocycles. The average Bonchev–Trinajstić information content (AvgIpc) is 2.35. The van der Waals surface area contributed by atoms with Crippen LogP contribution in [0.4, 0.5) is 0 Å². The molecule has 0 bridgehead atoms. The summed E-state index contributed by atoms with van der Waals surface area (Å²) in [6, 6.07) is 0. The Balaban J connectivity index is 1.81. The Hall–Kier alpha value is -0.120. The smallest absolute Gasteiger partial charge is 0.0593 e. The molecule has 0 saturated carbocycles. The molecule has 0 N–H and O–H groups in total. The van der Waals surface area contributed by atoms with Gasteiger partial charge in [-0.25, -0.2) is 0 Å². The van der Waals surface area contributed by atoms with Gasteiger partial charge in [0.05, 0.1) is 6.61 Å². The van der Waals surface area contributed by atoms with Crippen molar-refractivity contribution in [3.63, 3.8) is 0 Å². The number of hydrogen-bond donors (Lipinski definition) is 0. The zero-order chi connectivity index (χ0) is 12.3. The fourth-order valence-electron chi connectivity index (χ4n) is 2.13. The van der Waals surface area contributed by atoms with Crippen LogP contribution in [0, 0.1) is 5.92 Å². The second kappa shape index (κ2) is 9.86. The summed E-state index contributed by atoms with van der Waals surface area (Å²) in [5.41, 5.74) is 0. The van der Waals surface area contributed by atoms with E-state index < -0.39 is 0 Å². The largest absolute Gasteiger partial charge is 0.382 e. The second-order valence-corrected chi connectivity index (χ2v) is 5.04. The van der Waals surface area contributed by atoms with Crippen LogP contribution < -0.4 is 0 Å². The first-order valence-electron chi connectivity index (χ1n) is 7.20. The second-order valence-electron chi connectivity index (χ2n) is 5.04. The molecule has 0 spiro atoms. The van der Waals surface area contributed by atoms with Crippen molar-refractivity contribution in [3.05, 3.63) is 0 Å². The molecule has 3 nitrogen and oxygen atoms in total. The number of rotatable bonds is 9. The number of hydrogen-bond acceptors (Lipinski definition) is 3. The number of likely N-dealkylation sites (tertiary alicyclic amines) is 1. The molecule has 0 atom stereocenters. The van der Waals surface area contributed by atoms with Gasteiger partial charge in [-0.15, -0.1) is 0 Å². The molecule has 102 valence electrons. The van der Waals surface area contributed by atoms with Crippen LogP contribution in [0.15, 0.2) is 0 Å². The Morgan fingerprint density at radius 2 is 1.65 bits per heavy atom. The van der Waals surface area contributed by atoms with Gasteiger partial charge in [0.2, 0.25) is 0 Å². The highest BCUT2D eigenvalue weighted by molar-refractivity contribution is 4.68. The van der Waals surface area contributed by atoms with Crippen molar-refractivity contribution >= 4 is 0 Å². The molecule has 17 heavy (non-hydrogen) atoms. The van der Waals surface area contributed by atoms with Gasteiger partial charge in [0, 0.05) is 26.4 Å². The minimum atomic E-state index is 0.828. The fourth-order valence-corrected chi connectivity index (χ4v) is 2.13. The normalized spacial score (nSPS) is 18.7. The molecule has 1 heterocycles. The fraction of sp³-hybridized carbons (Fsp3) is 1.00. The third-order valence-electron chi connectivity index (χ3n) is 3.46. The van der Waals surface area contributed by atoms with Crippen LogP contribution in [0.2, 0.25) is 0 Å². The van der Waals surface area contributed by atoms with Crippen LogP contribution in [0.3, 0.4) is 0 Å².